The van der Waals surface area contributed by atoms with Crippen LogP contribution in [-0.4, -0.2) is 46.6 Å². The van der Waals surface area contributed by atoms with Crippen molar-refractivity contribution < 1.29 is 18.0 Å². The van der Waals surface area contributed by atoms with Gasteiger partial charge >= 0.3 is 6.18 Å². The highest BCUT2D eigenvalue weighted by Crippen LogP contribution is 2.32. The Labute approximate surface area is 187 Å². The molecule has 0 saturated carbocycles. The fourth-order valence-corrected chi connectivity index (χ4v) is 3.73. The molecule has 10 heteroatoms. The zero-order valence-corrected chi connectivity index (χ0v) is 18.0. The van der Waals surface area contributed by atoms with E-state index in [1.807, 2.05) is 24.1 Å². The maximum Gasteiger partial charge on any atom is 0.435 e. The first-order valence-electron chi connectivity index (χ1n) is 9.76. The second-order valence-electron chi connectivity index (χ2n) is 7.35. The summed E-state index contributed by atoms with van der Waals surface area (Å²) < 4.78 is 41.1. The van der Waals surface area contributed by atoms with Crippen LogP contribution < -0.4 is 5.32 Å². The lowest BCUT2D eigenvalue weighted by Gasteiger charge is -2.19. The van der Waals surface area contributed by atoms with E-state index in [4.69, 9.17) is 11.6 Å². The summed E-state index contributed by atoms with van der Waals surface area (Å²) in [6.07, 6.45) is -4.73. The van der Waals surface area contributed by atoms with Crippen molar-refractivity contribution in [1.29, 1.82) is 0 Å². The van der Waals surface area contributed by atoms with Gasteiger partial charge in [0.05, 0.1) is 22.9 Å². The number of hydrogen-bond acceptors (Lipinski definition) is 4. The molecule has 0 fully saturated rings. The molecule has 0 bridgehead atoms. The second-order valence-corrected chi connectivity index (χ2v) is 7.76. The number of hydrogen-bond donors (Lipinski definition) is 1. The zero-order valence-electron chi connectivity index (χ0n) is 17.2. The molecule has 6 nitrogen and oxygen atoms in total. The standard InChI is InChI=1S/C22H19ClF3N5O/c1-13-6-5-7-14(20-27-10-11-30(20)2)19(13)28-21(32)17-12-18(22(24,25)26)29-31(17)16-9-4-3-8-15(16)23/h3-9,12H,10-11H2,1-2H3,(H,28,32). The van der Waals surface area contributed by atoms with E-state index >= 15 is 0 Å². The van der Waals surface area contributed by atoms with E-state index in [0.717, 1.165) is 22.9 Å². The zero-order chi connectivity index (χ0) is 23.0. The average molecular weight is 462 g/mol. The average Bonchev–Trinajstić information content (AvgIpc) is 3.36. The van der Waals surface area contributed by atoms with Gasteiger partial charge in [0.2, 0.25) is 0 Å². The third-order valence-corrected chi connectivity index (χ3v) is 5.44. The van der Waals surface area contributed by atoms with Crippen LogP contribution in [0.2, 0.25) is 5.02 Å². The number of aromatic nitrogens is 2. The molecule has 0 unspecified atom stereocenters. The Morgan fingerprint density at radius 1 is 1.16 bits per heavy atom. The predicted molar refractivity (Wildman–Crippen MR) is 117 cm³/mol. The number of alkyl halides is 3. The molecule has 1 aliphatic heterocycles. The molecule has 0 saturated heterocycles. The minimum atomic E-state index is -4.73. The fraction of sp³-hybridized carbons (Fsp3) is 0.227. The molecule has 0 atom stereocenters. The molecule has 1 amide bonds. The molecule has 4 rings (SSSR count). The fourth-order valence-electron chi connectivity index (χ4n) is 3.51. The lowest BCUT2D eigenvalue weighted by Crippen LogP contribution is -2.26. The van der Waals surface area contributed by atoms with Crippen molar-refractivity contribution in [3.05, 3.63) is 76.1 Å². The van der Waals surface area contributed by atoms with Crippen LogP contribution in [0.5, 0.6) is 0 Å². The van der Waals surface area contributed by atoms with E-state index in [9.17, 15) is 18.0 Å². The van der Waals surface area contributed by atoms with Crippen molar-refractivity contribution in [3.63, 3.8) is 0 Å². The highest BCUT2D eigenvalue weighted by atomic mass is 35.5. The van der Waals surface area contributed by atoms with Gasteiger partial charge in [-0.05, 0) is 30.7 Å². The number of carbonyl (C=O) groups excluding carboxylic acids is 1. The quantitative estimate of drug-likeness (QED) is 0.607. The second kappa shape index (κ2) is 8.31. The van der Waals surface area contributed by atoms with Gasteiger partial charge in [-0.25, -0.2) is 4.68 Å². The molecule has 0 radical (unpaired) electrons. The van der Waals surface area contributed by atoms with Gasteiger partial charge in [-0.2, -0.15) is 18.3 Å². The molecule has 2 aromatic carbocycles. The lowest BCUT2D eigenvalue weighted by atomic mass is 10.1. The van der Waals surface area contributed by atoms with Crippen LogP contribution in [0.1, 0.15) is 27.3 Å². The van der Waals surface area contributed by atoms with Gasteiger partial charge in [-0.3, -0.25) is 9.79 Å². The number of rotatable bonds is 4. The number of carbonyl (C=O) groups is 1. The van der Waals surface area contributed by atoms with Crippen LogP contribution >= 0.6 is 11.6 Å². The van der Waals surface area contributed by atoms with Gasteiger partial charge in [0.15, 0.2) is 5.69 Å². The number of aliphatic imine (C=N–C) groups is 1. The first kappa shape index (κ1) is 21.9. The molecule has 32 heavy (non-hydrogen) atoms. The number of benzene rings is 2. The molecule has 1 aromatic heterocycles. The number of para-hydroxylation sites is 2. The van der Waals surface area contributed by atoms with Crippen molar-refractivity contribution in [2.24, 2.45) is 4.99 Å². The van der Waals surface area contributed by atoms with Crippen molar-refractivity contribution >= 4 is 29.0 Å². The number of amidine groups is 1. The SMILES string of the molecule is Cc1cccc(C2=NCCN2C)c1NC(=O)c1cc(C(F)(F)F)nn1-c1ccccc1Cl. The summed E-state index contributed by atoms with van der Waals surface area (Å²) >= 11 is 6.18. The van der Waals surface area contributed by atoms with Crippen LogP contribution in [0.4, 0.5) is 18.9 Å². The first-order chi connectivity index (χ1) is 15.2. The number of likely N-dealkylation sites (N-methyl/N-ethyl adjacent to an activating group) is 1. The van der Waals surface area contributed by atoms with Crippen molar-refractivity contribution in [1.82, 2.24) is 14.7 Å². The molecule has 2 heterocycles. The van der Waals surface area contributed by atoms with E-state index < -0.39 is 17.8 Å². The van der Waals surface area contributed by atoms with Crippen molar-refractivity contribution in [3.8, 4) is 5.69 Å². The van der Waals surface area contributed by atoms with Gasteiger partial charge in [0.1, 0.15) is 11.5 Å². The summed E-state index contributed by atoms with van der Waals surface area (Å²) in [6.45, 7) is 3.17. The largest absolute Gasteiger partial charge is 0.435 e. The van der Waals surface area contributed by atoms with E-state index in [1.54, 1.807) is 25.1 Å². The maximum atomic E-state index is 13.4. The van der Waals surface area contributed by atoms with Gasteiger partial charge in [-0.15, -0.1) is 0 Å². The number of amides is 1. The lowest BCUT2D eigenvalue weighted by molar-refractivity contribution is -0.141. The Kier molecular flexibility index (Phi) is 5.68. The molecule has 3 aromatic rings. The highest BCUT2D eigenvalue weighted by Gasteiger charge is 2.36. The third kappa shape index (κ3) is 4.08. The Hall–Kier alpha value is -3.33. The minimum Gasteiger partial charge on any atom is -0.358 e. The van der Waals surface area contributed by atoms with E-state index in [2.05, 4.69) is 15.4 Å². The summed E-state index contributed by atoms with van der Waals surface area (Å²) in [5, 5.41) is 6.56. The molecule has 166 valence electrons. The summed E-state index contributed by atoms with van der Waals surface area (Å²) in [4.78, 5) is 19.7. The molecule has 0 aliphatic carbocycles. The van der Waals surface area contributed by atoms with Gasteiger partial charge in [0, 0.05) is 25.2 Å². The number of anilines is 1. The summed E-state index contributed by atoms with van der Waals surface area (Å²) in [6, 6.07) is 12.4. The van der Waals surface area contributed by atoms with E-state index in [0.29, 0.717) is 23.6 Å². The summed E-state index contributed by atoms with van der Waals surface area (Å²) in [7, 11) is 1.89. The molecular weight excluding hydrogens is 443 g/mol. The summed E-state index contributed by atoms with van der Waals surface area (Å²) in [5.74, 6) is -0.0377. The Balaban J connectivity index is 1.79. The molecular formula is C22H19ClF3N5O. The van der Waals surface area contributed by atoms with E-state index in [1.165, 1.54) is 12.1 Å². The van der Waals surface area contributed by atoms with Crippen LogP contribution in [-0.2, 0) is 6.18 Å². The van der Waals surface area contributed by atoms with Gasteiger partial charge in [-0.1, -0.05) is 35.9 Å². The Morgan fingerprint density at radius 3 is 2.56 bits per heavy atom. The predicted octanol–water partition coefficient (Wildman–Crippen LogP) is 4.80. The van der Waals surface area contributed by atoms with Crippen molar-refractivity contribution in [2.45, 2.75) is 13.1 Å². The number of nitrogens with one attached hydrogen (secondary N) is 1. The summed E-state index contributed by atoms with van der Waals surface area (Å²) in [5.41, 5.74) is 0.607. The van der Waals surface area contributed by atoms with Crippen LogP contribution in [0.25, 0.3) is 5.69 Å². The minimum absolute atomic E-state index is 0.164. The van der Waals surface area contributed by atoms with Crippen molar-refractivity contribution in [2.75, 3.05) is 25.5 Å². The smallest absolute Gasteiger partial charge is 0.358 e. The topological polar surface area (TPSA) is 62.5 Å². The first-order valence-corrected chi connectivity index (χ1v) is 10.1. The van der Waals surface area contributed by atoms with Crippen LogP contribution in [0, 0.1) is 6.92 Å². The monoisotopic (exact) mass is 461 g/mol. The van der Waals surface area contributed by atoms with Gasteiger partial charge < -0.3 is 10.2 Å². The Morgan fingerprint density at radius 2 is 1.91 bits per heavy atom. The molecule has 1 N–H and O–H groups in total. The highest BCUT2D eigenvalue weighted by molar-refractivity contribution is 6.32. The Bertz CT molecular complexity index is 1220. The van der Waals surface area contributed by atoms with E-state index in [-0.39, 0.29) is 16.4 Å². The van der Waals surface area contributed by atoms with Crippen LogP contribution in [0.3, 0.4) is 0 Å². The van der Waals surface area contributed by atoms with Crippen LogP contribution in [0.15, 0.2) is 53.5 Å². The molecule has 1 aliphatic rings. The molecule has 0 spiro atoms. The number of aryl methyl sites for hydroxylation is 1. The third-order valence-electron chi connectivity index (χ3n) is 5.12. The van der Waals surface area contributed by atoms with Gasteiger partial charge in [0.25, 0.3) is 5.91 Å². The number of halogens is 4. The number of nitrogens with zero attached hydrogens (tertiary/aromatic N) is 4. The normalized spacial score (nSPS) is 13.9. The maximum absolute atomic E-state index is 13.4.